The number of carboxylic acids is 1. The Morgan fingerprint density at radius 2 is 2.38 bits per heavy atom. The third-order valence-electron chi connectivity index (χ3n) is 2.47. The molecule has 0 bridgehead atoms. The van der Waals surface area contributed by atoms with Crippen LogP contribution in [0.2, 0.25) is 0 Å². The lowest BCUT2D eigenvalue weighted by atomic mass is 10.2. The predicted octanol–water partition coefficient (Wildman–Crippen LogP) is -1.21. The van der Waals surface area contributed by atoms with Gasteiger partial charge < -0.3 is 10.0 Å². The molecule has 0 aromatic carbocycles. The normalized spacial score (nSPS) is 20.4. The summed E-state index contributed by atoms with van der Waals surface area (Å²) < 4.78 is 0. The van der Waals surface area contributed by atoms with Crippen LogP contribution in [-0.4, -0.2) is 48.1 Å². The average molecular weight is 225 g/mol. The molecule has 0 spiro atoms. The molecule has 0 aliphatic carbocycles. The van der Waals surface area contributed by atoms with Gasteiger partial charge in [0, 0.05) is 6.42 Å². The first-order chi connectivity index (χ1) is 7.58. The van der Waals surface area contributed by atoms with Crippen molar-refractivity contribution in [2.75, 3.05) is 0 Å². The SMILES string of the molecule is Cn1nnc(CN2C(=O)CCC2C(=O)O)n1. The summed E-state index contributed by atoms with van der Waals surface area (Å²) in [6, 6.07) is -0.767. The Balaban J connectivity index is 2.12. The lowest BCUT2D eigenvalue weighted by Gasteiger charge is -2.19. The largest absolute Gasteiger partial charge is 0.480 e. The van der Waals surface area contributed by atoms with Crippen molar-refractivity contribution in [1.29, 1.82) is 0 Å². The highest BCUT2D eigenvalue weighted by atomic mass is 16.4. The second-order valence-electron chi connectivity index (χ2n) is 3.61. The number of hydrogen-bond acceptors (Lipinski definition) is 5. The standard InChI is InChI=1S/C8H11N5O3/c1-12-10-6(9-11-12)4-13-5(8(15)16)2-3-7(13)14/h5H,2-4H2,1H3,(H,15,16). The number of tetrazole rings is 1. The van der Waals surface area contributed by atoms with Crippen LogP contribution in [0, 0.1) is 0 Å². The molecule has 1 amide bonds. The fraction of sp³-hybridized carbons (Fsp3) is 0.625. The minimum Gasteiger partial charge on any atom is -0.480 e. The quantitative estimate of drug-likeness (QED) is 0.692. The molecule has 8 heteroatoms. The van der Waals surface area contributed by atoms with Crippen LogP contribution in [0.4, 0.5) is 0 Å². The molecular weight excluding hydrogens is 214 g/mol. The zero-order valence-corrected chi connectivity index (χ0v) is 8.70. The van der Waals surface area contributed by atoms with Gasteiger partial charge in [0.05, 0.1) is 13.6 Å². The lowest BCUT2D eigenvalue weighted by Crippen LogP contribution is -2.38. The molecule has 2 rings (SSSR count). The van der Waals surface area contributed by atoms with E-state index in [1.165, 1.54) is 9.70 Å². The topological polar surface area (TPSA) is 101 Å². The molecule has 0 radical (unpaired) electrons. The third kappa shape index (κ3) is 1.86. The van der Waals surface area contributed by atoms with Gasteiger partial charge in [0.25, 0.3) is 0 Å². The summed E-state index contributed by atoms with van der Waals surface area (Å²) >= 11 is 0. The zero-order chi connectivity index (χ0) is 11.7. The van der Waals surface area contributed by atoms with E-state index in [4.69, 9.17) is 5.11 Å². The number of carboxylic acid groups (broad SMARTS) is 1. The van der Waals surface area contributed by atoms with Crippen molar-refractivity contribution in [2.45, 2.75) is 25.4 Å². The summed E-state index contributed by atoms with van der Waals surface area (Å²) in [6.45, 7) is 0.101. The molecule has 2 heterocycles. The van der Waals surface area contributed by atoms with E-state index >= 15 is 0 Å². The highest BCUT2D eigenvalue weighted by molar-refractivity contribution is 5.87. The summed E-state index contributed by atoms with van der Waals surface area (Å²) in [4.78, 5) is 24.9. The van der Waals surface area contributed by atoms with Gasteiger partial charge in [-0.05, 0) is 11.6 Å². The van der Waals surface area contributed by atoms with Gasteiger partial charge in [-0.3, -0.25) is 4.79 Å². The number of likely N-dealkylation sites (tertiary alicyclic amines) is 1. The minimum atomic E-state index is -0.991. The van der Waals surface area contributed by atoms with E-state index in [0.29, 0.717) is 12.2 Å². The van der Waals surface area contributed by atoms with Gasteiger partial charge in [-0.25, -0.2) is 4.79 Å². The number of aryl methyl sites for hydroxylation is 1. The molecule has 1 fully saturated rings. The molecule has 1 aromatic rings. The van der Waals surface area contributed by atoms with Crippen molar-refractivity contribution in [3.63, 3.8) is 0 Å². The number of rotatable bonds is 3. The van der Waals surface area contributed by atoms with Crippen molar-refractivity contribution >= 4 is 11.9 Å². The smallest absolute Gasteiger partial charge is 0.326 e. The molecule has 1 saturated heterocycles. The molecule has 1 aliphatic rings. The van der Waals surface area contributed by atoms with Gasteiger partial charge in [0.15, 0.2) is 5.82 Å². The van der Waals surface area contributed by atoms with E-state index < -0.39 is 12.0 Å². The molecule has 8 nitrogen and oxygen atoms in total. The minimum absolute atomic E-state index is 0.101. The Kier molecular flexibility index (Phi) is 2.55. The molecule has 1 atom stereocenters. The van der Waals surface area contributed by atoms with Gasteiger partial charge in [-0.15, -0.1) is 10.2 Å². The Morgan fingerprint density at radius 3 is 2.94 bits per heavy atom. The monoisotopic (exact) mass is 225 g/mol. The van der Waals surface area contributed by atoms with Crippen LogP contribution in [0.3, 0.4) is 0 Å². The molecular formula is C8H11N5O3. The van der Waals surface area contributed by atoms with E-state index in [2.05, 4.69) is 15.4 Å². The summed E-state index contributed by atoms with van der Waals surface area (Å²) in [5, 5.41) is 20.2. The van der Waals surface area contributed by atoms with Gasteiger partial charge in [0.1, 0.15) is 6.04 Å². The Hall–Kier alpha value is -1.99. The second-order valence-corrected chi connectivity index (χ2v) is 3.61. The average Bonchev–Trinajstić information content (AvgIpc) is 2.76. The molecule has 1 aliphatic heterocycles. The highest BCUT2D eigenvalue weighted by Crippen LogP contribution is 2.20. The molecule has 1 aromatic heterocycles. The molecule has 1 N–H and O–H groups in total. The number of hydrogen-bond donors (Lipinski definition) is 1. The van der Waals surface area contributed by atoms with Crippen LogP contribution in [0.1, 0.15) is 18.7 Å². The van der Waals surface area contributed by atoms with Crippen LogP contribution < -0.4 is 0 Å². The number of carbonyl (C=O) groups is 2. The van der Waals surface area contributed by atoms with Crippen molar-refractivity contribution < 1.29 is 14.7 Å². The number of aromatic nitrogens is 4. The van der Waals surface area contributed by atoms with E-state index in [-0.39, 0.29) is 18.9 Å². The van der Waals surface area contributed by atoms with Gasteiger partial charge in [-0.2, -0.15) is 4.80 Å². The van der Waals surface area contributed by atoms with Crippen molar-refractivity contribution in [3.8, 4) is 0 Å². The van der Waals surface area contributed by atoms with Crippen LogP contribution in [0.5, 0.6) is 0 Å². The van der Waals surface area contributed by atoms with Crippen LogP contribution in [0.15, 0.2) is 0 Å². The van der Waals surface area contributed by atoms with Crippen molar-refractivity contribution in [1.82, 2.24) is 25.1 Å². The van der Waals surface area contributed by atoms with E-state index in [1.807, 2.05) is 0 Å². The van der Waals surface area contributed by atoms with Gasteiger partial charge >= 0.3 is 5.97 Å². The Bertz CT molecular complexity index is 429. The van der Waals surface area contributed by atoms with E-state index in [9.17, 15) is 9.59 Å². The van der Waals surface area contributed by atoms with Gasteiger partial charge in [0.2, 0.25) is 5.91 Å². The maximum atomic E-state index is 11.5. The van der Waals surface area contributed by atoms with Crippen molar-refractivity contribution in [2.24, 2.45) is 7.05 Å². The maximum absolute atomic E-state index is 11.5. The summed E-state index contributed by atoms with van der Waals surface area (Å²) in [6.07, 6.45) is 0.603. The van der Waals surface area contributed by atoms with Crippen LogP contribution in [-0.2, 0) is 23.2 Å². The highest BCUT2D eigenvalue weighted by Gasteiger charge is 2.36. The lowest BCUT2D eigenvalue weighted by molar-refractivity contribution is -0.146. The molecule has 0 saturated carbocycles. The fourth-order valence-electron chi connectivity index (χ4n) is 1.73. The Morgan fingerprint density at radius 1 is 1.62 bits per heavy atom. The zero-order valence-electron chi connectivity index (χ0n) is 8.70. The first-order valence-corrected chi connectivity index (χ1v) is 4.83. The third-order valence-corrected chi connectivity index (χ3v) is 2.47. The summed E-state index contributed by atoms with van der Waals surface area (Å²) in [5.74, 6) is -0.821. The van der Waals surface area contributed by atoms with E-state index in [0.717, 1.165) is 0 Å². The molecule has 16 heavy (non-hydrogen) atoms. The second kappa shape index (κ2) is 3.87. The number of carbonyl (C=O) groups excluding carboxylic acids is 1. The van der Waals surface area contributed by atoms with Crippen LogP contribution in [0.25, 0.3) is 0 Å². The van der Waals surface area contributed by atoms with Crippen LogP contribution >= 0.6 is 0 Å². The first-order valence-electron chi connectivity index (χ1n) is 4.83. The first kappa shape index (κ1) is 10.5. The molecule has 1 unspecified atom stereocenters. The predicted molar refractivity (Wildman–Crippen MR) is 50.0 cm³/mol. The maximum Gasteiger partial charge on any atom is 0.326 e. The van der Waals surface area contributed by atoms with E-state index in [1.54, 1.807) is 7.05 Å². The van der Waals surface area contributed by atoms with Crippen molar-refractivity contribution in [3.05, 3.63) is 5.82 Å². The fourth-order valence-corrected chi connectivity index (χ4v) is 1.73. The summed E-state index contributed by atoms with van der Waals surface area (Å²) in [7, 11) is 1.61. The number of aliphatic carboxylic acids is 1. The number of amides is 1. The Labute approximate surface area is 90.8 Å². The van der Waals surface area contributed by atoms with Gasteiger partial charge in [-0.1, -0.05) is 0 Å². The number of nitrogens with zero attached hydrogens (tertiary/aromatic N) is 5. The summed E-state index contributed by atoms with van der Waals surface area (Å²) in [5.41, 5.74) is 0. The molecule has 86 valence electrons.